The maximum atomic E-state index is 12.9. The molecule has 0 radical (unpaired) electrons. The third-order valence-corrected chi connectivity index (χ3v) is 6.67. The maximum absolute atomic E-state index is 12.9. The average molecular weight is 445 g/mol. The number of esters is 1. The Balaban J connectivity index is 2.00. The van der Waals surface area contributed by atoms with Crippen LogP contribution in [-0.2, 0) is 35.9 Å². The largest absolute Gasteiger partial charge is 0.493 e. The summed E-state index contributed by atoms with van der Waals surface area (Å²) in [7, 11) is -2.72. The smallest absolute Gasteiger partial charge is 0.344 e. The topological polar surface area (TPSA) is 78.9 Å². The second-order valence-corrected chi connectivity index (χ2v) is 10.2. The van der Waals surface area contributed by atoms with E-state index in [1.807, 2.05) is 25.1 Å². The van der Waals surface area contributed by atoms with Gasteiger partial charge >= 0.3 is 5.97 Å². The summed E-state index contributed by atoms with van der Waals surface area (Å²) in [4.78, 5) is 12.9. The SMILES string of the molecule is COC(=O)C(C)(OS(C)(=O)=O)c1c(C)ccc(C2CC2)c1-c1ccc2c(c1)CCCO2. The second kappa shape index (κ2) is 7.95. The first-order valence-electron chi connectivity index (χ1n) is 10.5. The summed E-state index contributed by atoms with van der Waals surface area (Å²) >= 11 is 0. The van der Waals surface area contributed by atoms with E-state index >= 15 is 0 Å². The van der Waals surface area contributed by atoms with Crippen molar-refractivity contribution in [2.75, 3.05) is 20.0 Å². The molecule has 2 aromatic carbocycles. The van der Waals surface area contributed by atoms with Crippen molar-refractivity contribution in [3.05, 3.63) is 52.6 Å². The summed E-state index contributed by atoms with van der Waals surface area (Å²) in [5, 5.41) is 0. The molecule has 1 heterocycles. The van der Waals surface area contributed by atoms with Crippen LogP contribution >= 0.6 is 0 Å². The summed E-state index contributed by atoms with van der Waals surface area (Å²) in [6.45, 7) is 4.05. The number of carbonyl (C=O) groups excluding carboxylic acids is 1. The van der Waals surface area contributed by atoms with Gasteiger partial charge < -0.3 is 9.47 Å². The second-order valence-electron chi connectivity index (χ2n) is 8.58. The van der Waals surface area contributed by atoms with Crippen LogP contribution in [0.15, 0.2) is 30.3 Å². The number of ether oxygens (including phenoxy) is 2. The van der Waals surface area contributed by atoms with Crippen LogP contribution in [0.1, 0.15) is 54.4 Å². The molecule has 0 spiro atoms. The van der Waals surface area contributed by atoms with Gasteiger partial charge in [-0.15, -0.1) is 0 Å². The van der Waals surface area contributed by atoms with E-state index in [9.17, 15) is 13.2 Å². The van der Waals surface area contributed by atoms with Crippen LogP contribution in [0.3, 0.4) is 0 Å². The number of carbonyl (C=O) groups is 1. The lowest BCUT2D eigenvalue weighted by Crippen LogP contribution is -2.40. The lowest BCUT2D eigenvalue weighted by atomic mass is 9.81. The van der Waals surface area contributed by atoms with Gasteiger partial charge in [0.2, 0.25) is 5.60 Å². The molecule has 1 atom stereocenters. The Morgan fingerprint density at radius 3 is 2.58 bits per heavy atom. The fraction of sp³-hybridized carbons (Fsp3) is 0.458. The van der Waals surface area contributed by atoms with Crippen molar-refractivity contribution in [3.63, 3.8) is 0 Å². The number of hydrogen-bond acceptors (Lipinski definition) is 6. The number of aryl methyl sites for hydroxylation is 2. The van der Waals surface area contributed by atoms with Crippen LogP contribution in [0.5, 0.6) is 5.75 Å². The third kappa shape index (κ3) is 4.21. The molecule has 7 heteroatoms. The van der Waals surface area contributed by atoms with Crippen LogP contribution in [0, 0.1) is 6.92 Å². The highest BCUT2D eigenvalue weighted by atomic mass is 32.2. The molecule has 0 saturated heterocycles. The highest BCUT2D eigenvalue weighted by Gasteiger charge is 2.45. The van der Waals surface area contributed by atoms with E-state index in [-0.39, 0.29) is 0 Å². The van der Waals surface area contributed by atoms with Crippen molar-refractivity contribution in [1.29, 1.82) is 0 Å². The van der Waals surface area contributed by atoms with Gasteiger partial charge in [0.15, 0.2) is 0 Å². The van der Waals surface area contributed by atoms with Gasteiger partial charge in [-0.3, -0.25) is 0 Å². The number of rotatable bonds is 6. The molecule has 2 aliphatic rings. The number of benzene rings is 2. The molecule has 0 N–H and O–H groups in total. The molecule has 1 aliphatic heterocycles. The predicted octanol–water partition coefficient (Wildman–Crippen LogP) is 4.23. The van der Waals surface area contributed by atoms with E-state index in [2.05, 4.69) is 12.1 Å². The van der Waals surface area contributed by atoms with Gasteiger partial charge in [0.1, 0.15) is 5.75 Å². The van der Waals surface area contributed by atoms with Gasteiger partial charge in [0.05, 0.1) is 20.0 Å². The Bertz CT molecular complexity index is 1130. The zero-order valence-electron chi connectivity index (χ0n) is 18.4. The zero-order valence-corrected chi connectivity index (χ0v) is 19.2. The summed E-state index contributed by atoms with van der Waals surface area (Å²) < 4.78 is 40.6. The first-order valence-corrected chi connectivity index (χ1v) is 12.3. The maximum Gasteiger partial charge on any atom is 0.344 e. The van der Waals surface area contributed by atoms with Crippen LogP contribution in [-0.4, -0.2) is 34.4 Å². The fourth-order valence-electron chi connectivity index (χ4n) is 4.57. The highest BCUT2D eigenvalue weighted by molar-refractivity contribution is 7.86. The van der Waals surface area contributed by atoms with Gasteiger partial charge in [0.25, 0.3) is 10.1 Å². The van der Waals surface area contributed by atoms with E-state index in [1.54, 1.807) is 0 Å². The standard InChI is InChI=1S/C24H28O6S/c1-15-7-11-19(16-8-9-16)21(18-10-12-20-17(14-18)6-5-13-29-20)22(15)24(2,23(25)28-3)30-31(4,26)27/h7,10-12,14,16H,5-6,8-9,13H2,1-4H3. The van der Waals surface area contributed by atoms with E-state index < -0.39 is 21.7 Å². The van der Waals surface area contributed by atoms with Crippen molar-refractivity contribution in [3.8, 4) is 16.9 Å². The summed E-state index contributed by atoms with van der Waals surface area (Å²) in [6.07, 6.45) is 4.93. The van der Waals surface area contributed by atoms with Gasteiger partial charge in [-0.25, -0.2) is 8.98 Å². The van der Waals surface area contributed by atoms with Crippen molar-refractivity contribution in [2.45, 2.75) is 51.0 Å². The van der Waals surface area contributed by atoms with Crippen LogP contribution in [0.2, 0.25) is 0 Å². The van der Waals surface area contributed by atoms with Crippen LogP contribution in [0.4, 0.5) is 0 Å². The molecule has 0 aromatic heterocycles. The molecule has 4 rings (SSSR count). The molecule has 1 unspecified atom stereocenters. The highest BCUT2D eigenvalue weighted by Crippen LogP contribution is 2.49. The first kappa shape index (κ1) is 21.8. The molecule has 0 bridgehead atoms. The van der Waals surface area contributed by atoms with Gasteiger partial charge in [0, 0.05) is 5.56 Å². The van der Waals surface area contributed by atoms with E-state index in [4.69, 9.17) is 13.7 Å². The molecule has 6 nitrogen and oxygen atoms in total. The molecule has 1 saturated carbocycles. The minimum absolute atomic E-state index is 0.377. The van der Waals surface area contributed by atoms with Crippen LogP contribution in [0.25, 0.3) is 11.1 Å². The molecule has 0 amide bonds. The van der Waals surface area contributed by atoms with Crippen LogP contribution < -0.4 is 4.74 Å². The Morgan fingerprint density at radius 2 is 1.94 bits per heavy atom. The Hall–Kier alpha value is -2.38. The Morgan fingerprint density at radius 1 is 1.19 bits per heavy atom. The minimum Gasteiger partial charge on any atom is -0.493 e. The third-order valence-electron chi connectivity index (χ3n) is 6.03. The molecule has 31 heavy (non-hydrogen) atoms. The van der Waals surface area contributed by atoms with Crippen molar-refractivity contribution >= 4 is 16.1 Å². The summed E-state index contributed by atoms with van der Waals surface area (Å²) in [5.41, 5.74) is 3.49. The minimum atomic E-state index is -3.95. The van der Waals surface area contributed by atoms with Crippen molar-refractivity contribution in [1.82, 2.24) is 0 Å². The fourth-order valence-corrected chi connectivity index (χ4v) is 5.33. The quantitative estimate of drug-likeness (QED) is 0.490. The molecule has 1 fully saturated rings. The monoisotopic (exact) mass is 444 g/mol. The van der Waals surface area contributed by atoms with Gasteiger partial charge in [-0.05, 0) is 85.4 Å². The predicted molar refractivity (Wildman–Crippen MR) is 118 cm³/mol. The molecule has 1 aliphatic carbocycles. The molecule has 2 aromatic rings. The Kier molecular flexibility index (Phi) is 5.60. The number of hydrogen-bond donors (Lipinski definition) is 0. The van der Waals surface area contributed by atoms with Crippen molar-refractivity contribution in [2.24, 2.45) is 0 Å². The molecular weight excluding hydrogens is 416 g/mol. The summed E-state index contributed by atoms with van der Waals surface area (Å²) in [6, 6.07) is 10.0. The average Bonchev–Trinajstić information content (AvgIpc) is 3.56. The lowest BCUT2D eigenvalue weighted by molar-refractivity contribution is -0.158. The number of fused-ring (bicyclic) bond motifs is 1. The van der Waals surface area contributed by atoms with Gasteiger partial charge in [-0.2, -0.15) is 8.42 Å². The van der Waals surface area contributed by atoms with E-state index in [0.717, 1.165) is 65.5 Å². The summed E-state index contributed by atoms with van der Waals surface area (Å²) in [5.74, 6) is 0.499. The lowest BCUT2D eigenvalue weighted by Gasteiger charge is -2.31. The first-order chi connectivity index (χ1) is 14.6. The zero-order chi connectivity index (χ0) is 22.4. The normalized spacial score (nSPS) is 17.9. The van der Waals surface area contributed by atoms with Crippen molar-refractivity contribution < 1.29 is 26.9 Å². The number of methoxy groups -OCH3 is 1. The van der Waals surface area contributed by atoms with E-state index in [1.165, 1.54) is 14.0 Å². The Labute approximate surface area is 183 Å². The molecule has 166 valence electrons. The van der Waals surface area contributed by atoms with Gasteiger partial charge in [-0.1, -0.05) is 18.2 Å². The molecular formula is C24H28O6S. The van der Waals surface area contributed by atoms with E-state index in [0.29, 0.717) is 18.1 Å².